The van der Waals surface area contributed by atoms with Gasteiger partial charge in [0.1, 0.15) is 6.33 Å². The lowest BCUT2D eigenvalue weighted by Crippen LogP contribution is -2.36. The molecule has 0 fully saturated rings. The first-order valence-electron chi connectivity index (χ1n) is 6.92. The fourth-order valence-electron chi connectivity index (χ4n) is 1.98. The Morgan fingerprint density at radius 1 is 1.23 bits per heavy atom. The van der Waals surface area contributed by atoms with Gasteiger partial charge in [-0.05, 0) is 37.1 Å². The molecule has 0 saturated carbocycles. The molecule has 1 aromatic heterocycles. The fourth-order valence-corrected chi connectivity index (χ4v) is 2.55. The Morgan fingerprint density at radius 3 is 2.64 bits per heavy atom. The zero-order valence-electron chi connectivity index (χ0n) is 12.1. The van der Waals surface area contributed by atoms with E-state index in [1.807, 2.05) is 23.6 Å². The number of nitrogens with zero attached hydrogens (tertiary/aromatic N) is 3. The minimum Gasteiger partial charge on any atom is -0.338 e. The summed E-state index contributed by atoms with van der Waals surface area (Å²) in [6.07, 6.45) is 2.29. The normalized spacial score (nSPS) is 10.5. The molecule has 0 unspecified atom stereocenters. The van der Waals surface area contributed by atoms with Gasteiger partial charge in [0.25, 0.3) is 0 Å². The molecule has 118 valence electrons. The van der Waals surface area contributed by atoms with E-state index >= 15 is 0 Å². The monoisotopic (exact) mass is 341 g/mol. The number of aromatic nitrogens is 3. The van der Waals surface area contributed by atoms with Crippen LogP contribution in [-0.2, 0) is 19.5 Å². The van der Waals surface area contributed by atoms with E-state index in [-0.39, 0.29) is 6.03 Å². The van der Waals surface area contributed by atoms with Gasteiger partial charge in [-0.2, -0.15) is 0 Å². The quantitative estimate of drug-likeness (QED) is 0.848. The number of aryl methyl sites for hydroxylation is 1. The molecule has 0 spiro atoms. The summed E-state index contributed by atoms with van der Waals surface area (Å²) in [5, 5.41) is 14.5. The highest BCUT2D eigenvalue weighted by Crippen LogP contribution is 2.19. The van der Waals surface area contributed by atoms with Gasteiger partial charge in [0.2, 0.25) is 0 Å². The molecular formula is C14H17Cl2N5O. The number of benzene rings is 1. The van der Waals surface area contributed by atoms with Gasteiger partial charge in [-0.15, -0.1) is 10.2 Å². The lowest BCUT2D eigenvalue weighted by Gasteiger charge is -2.08. The summed E-state index contributed by atoms with van der Waals surface area (Å²) in [5.74, 6) is 0.722. The van der Waals surface area contributed by atoms with Crippen LogP contribution >= 0.6 is 23.2 Å². The van der Waals surface area contributed by atoms with E-state index in [0.29, 0.717) is 29.6 Å². The molecule has 0 bridgehead atoms. The number of hydrogen-bond donors (Lipinski definition) is 2. The Morgan fingerprint density at radius 2 is 1.95 bits per heavy atom. The second-order valence-corrected chi connectivity index (χ2v) is 5.54. The Labute approximate surface area is 138 Å². The van der Waals surface area contributed by atoms with E-state index in [0.717, 1.165) is 17.9 Å². The minimum absolute atomic E-state index is 0.251. The van der Waals surface area contributed by atoms with Crippen molar-refractivity contribution in [3.63, 3.8) is 0 Å². The first-order chi connectivity index (χ1) is 10.6. The number of urea groups is 1. The molecule has 0 radical (unpaired) electrons. The third-order valence-electron chi connectivity index (χ3n) is 3.07. The summed E-state index contributed by atoms with van der Waals surface area (Å²) in [6.45, 7) is 3.58. The summed E-state index contributed by atoms with van der Waals surface area (Å²) in [4.78, 5) is 11.7. The summed E-state index contributed by atoms with van der Waals surface area (Å²) >= 11 is 11.9. The van der Waals surface area contributed by atoms with Gasteiger partial charge < -0.3 is 15.2 Å². The molecule has 0 saturated heterocycles. The summed E-state index contributed by atoms with van der Waals surface area (Å²) in [7, 11) is 0. The van der Waals surface area contributed by atoms with Gasteiger partial charge in [-0.3, -0.25) is 0 Å². The van der Waals surface area contributed by atoms with Crippen molar-refractivity contribution in [3.05, 3.63) is 46.0 Å². The average Bonchev–Trinajstić information content (AvgIpc) is 2.91. The Kier molecular flexibility index (Phi) is 6.03. The Balaban J connectivity index is 1.74. The van der Waals surface area contributed by atoms with Crippen molar-refractivity contribution in [1.82, 2.24) is 25.4 Å². The highest BCUT2D eigenvalue weighted by atomic mass is 35.5. The van der Waals surface area contributed by atoms with E-state index in [9.17, 15) is 4.79 Å². The molecule has 0 atom stereocenters. The maximum absolute atomic E-state index is 11.7. The SMILES string of the molecule is CCn1cnnc1CNC(=O)NCCc1cc(Cl)cc(Cl)c1. The summed E-state index contributed by atoms with van der Waals surface area (Å²) < 4.78 is 1.87. The van der Waals surface area contributed by atoms with Crippen molar-refractivity contribution in [3.8, 4) is 0 Å². The summed E-state index contributed by atoms with van der Waals surface area (Å²) in [5.41, 5.74) is 0.975. The molecule has 0 aliphatic rings. The van der Waals surface area contributed by atoms with Crippen molar-refractivity contribution in [2.24, 2.45) is 0 Å². The van der Waals surface area contributed by atoms with Crippen molar-refractivity contribution < 1.29 is 4.79 Å². The highest BCUT2D eigenvalue weighted by Gasteiger charge is 2.05. The van der Waals surface area contributed by atoms with Gasteiger partial charge in [0, 0.05) is 23.1 Å². The Bertz CT molecular complexity index is 624. The van der Waals surface area contributed by atoms with Crippen LogP contribution in [0.2, 0.25) is 10.0 Å². The molecule has 22 heavy (non-hydrogen) atoms. The zero-order chi connectivity index (χ0) is 15.9. The second-order valence-electron chi connectivity index (χ2n) is 4.67. The smallest absolute Gasteiger partial charge is 0.315 e. The molecule has 2 rings (SSSR count). The predicted molar refractivity (Wildman–Crippen MR) is 86.1 cm³/mol. The largest absolute Gasteiger partial charge is 0.338 e. The molecule has 2 N–H and O–H groups in total. The lowest BCUT2D eigenvalue weighted by atomic mass is 10.1. The molecule has 1 heterocycles. The maximum atomic E-state index is 11.7. The lowest BCUT2D eigenvalue weighted by molar-refractivity contribution is 0.240. The van der Waals surface area contributed by atoms with Gasteiger partial charge in [0.15, 0.2) is 5.82 Å². The molecule has 2 aromatic rings. The average molecular weight is 342 g/mol. The molecule has 0 aliphatic heterocycles. The van der Waals surface area contributed by atoms with Gasteiger partial charge in [0.05, 0.1) is 6.54 Å². The van der Waals surface area contributed by atoms with E-state index in [4.69, 9.17) is 23.2 Å². The van der Waals surface area contributed by atoms with Crippen LogP contribution in [0.1, 0.15) is 18.3 Å². The third-order valence-corrected chi connectivity index (χ3v) is 3.50. The van der Waals surface area contributed by atoms with Crippen molar-refractivity contribution in [2.45, 2.75) is 26.4 Å². The number of amides is 2. The number of nitrogens with one attached hydrogen (secondary N) is 2. The molecule has 2 amide bonds. The van der Waals surface area contributed by atoms with Crippen LogP contribution in [0.25, 0.3) is 0 Å². The van der Waals surface area contributed by atoms with Gasteiger partial charge in [-0.25, -0.2) is 4.79 Å². The van der Waals surface area contributed by atoms with E-state index in [2.05, 4.69) is 20.8 Å². The molecule has 8 heteroatoms. The van der Waals surface area contributed by atoms with Gasteiger partial charge >= 0.3 is 6.03 Å². The van der Waals surface area contributed by atoms with Crippen LogP contribution in [0.15, 0.2) is 24.5 Å². The molecular weight excluding hydrogens is 325 g/mol. The second kappa shape index (κ2) is 8.00. The van der Waals surface area contributed by atoms with Crippen LogP contribution < -0.4 is 10.6 Å². The maximum Gasteiger partial charge on any atom is 0.315 e. The standard InChI is InChI=1S/C14H17Cl2N5O/c1-2-21-9-19-20-13(21)8-18-14(22)17-4-3-10-5-11(15)7-12(16)6-10/h5-7,9H,2-4,8H2,1H3,(H2,17,18,22). The first kappa shape index (κ1) is 16.6. The Hall–Kier alpha value is -1.79. The van der Waals surface area contributed by atoms with Crippen LogP contribution in [0.5, 0.6) is 0 Å². The number of halogens is 2. The van der Waals surface area contributed by atoms with E-state index in [1.165, 1.54) is 0 Å². The first-order valence-corrected chi connectivity index (χ1v) is 7.67. The zero-order valence-corrected chi connectivity index (χ0v) is 13.7. The highest BCUT2D eigenvalue weighted by molar-refractivity contribution is 6.34. The number of rotatable bonds is 6. The third kappa shape index (κ3) is 4.89. The van der Waals surface area contributed by atoms with Crippen LogP contribution in [-0.4, -0.2) is 27.3 Å². The topological polar surface area (TPSA) is 71.8 Å². The van der Waals surface area contributed by atoms with Crippen molar-refractivity contribution in [2.75, 3.05) is 6.54 Å². The number of carbonyl (C=O) groups is 1. The van der Waals surface area contributed by atoms with Crippen LogP contribution in [0.3, 0.4) is 0 Å². The molecule has 0 aliphatic carbocycles. The number of carbonyl (C=O) groups excluding carboxylic acids is 1. The molecule has 1 aromatic carbocycles. The predicted octanol–water partition coefficient (Wildman–Crippen LogP) is 2.65. The van der Waals surface area contributed by atoms with Crippen molar-refractivity contribution in [1.29, 1.82) is 0 Å². The fraction of sp³-hybridized carbons (Fsp3) is 0.357. The van der Waals surface area contributed by atoms with Crippen molar-refractivity contribution >= 4 is 29.2 Å². The minimum atomic E-state index is -0.251. The van der Waals surface area contributed by atoms with Crippen LogP contribution in [0, 0.1) is 0 Å². The molecule has 6 nitrogen and oxygen atoms in total. The summed E-state index contributed by atoms with van der Waals surface area (Å²) in [6, 6.07) is 5.09. The number of hydrogen-bond acceptors (Lipinski definition) is 3. The van der Waals surface area contributed by atoms with E-state index in [1.54, 1.807) is 12.4 Å². The van der Waals surface area contributed by atoms with Gasteiger partial charge in [-0.1, -0.05) is 23.2 Å². The van der Waals surface area contributed by atoms with Crippen LogP contribution in [0.4, 0.5) is 4.79 Å². The van der Waals surface area contributed by atoms with E-state index < -0.39 is 0 Å².